The van der Waals surface area contributed by atoms with Gasteiger partial charge in [-0.3, -0.25) is 9.89 Å². The molecular weight excluding hydrogens is 247 g/mol. The second-order valence-electron chi connectivity index (χ2n) is 3.58. The lowest BCUT2D eigenvalue weighted by molar-refractivity contribution is 0.835. The molecule has 0 bridgehead atoms. The molecule has 0 saturated carbocycles. The maximum atomic E-state index is 11.9. The third-order valence-electron chi connectivity index (χ3n) is 2.54. The highest BCUT2D eigenvalue weighted by molar-refractivity contribution is 6.43. The number of rotatable bonds is 1. The van der Waals surface area contributed by atoms with E-state index in [1.807, 2.05) is 6.92 Å². The van der Waals surface area contributed by atoms with Crippen LogP contribution in [-0.4, -0.2) is 9.78 Å². The molecule has 0 aliphatic heterocycles. The van der Waals surface area contributed by atoms with E-state index in [1.165, 1.54) is 4.68 Å². The third-order valence-corrected chi connectivity index (χ3v) is 3.35. The van der Waals surface area contributed by atoms with Crippen molar-refractivity contribution < 1.29 is 0 Å². The largest absolute Gasteiger partial charge is 0.295 e. The van der Waals surface area contributed by atoms with Gasteiger partial charge in [-0.1, -0.05) is 29.3 Å². The van der Waals surface area contributed by atoms with Crippen molar-refractivity contribution in [2.45, 2.75) is 13.8 Å². The molecule has 1 aromatic heterocycles. The summed E-state index contributed by atoms with van der Waals surface area (Å²) in [7, 11) is 0. The first-order chi connectivity index (χ1) is 7.52. The number of halogens is 2. The van der Waals surface area contributed by atoms with Gasteiger partial charge in [-0.15, -0.1) is 0 Å². The first-order valence-electron chi connectivity index (χ1n) is 4.75. The van der Waals surface area contributed by atoms with Crippen LogP contribution in [0, 0.1) is 13.8 Å². The van der Waals surface area contributed by atoms with Crippen LogP contribution in [0.1, 0.15) is 11.3 Å². The minimum absolute atomic E-state index is 0.110. The molecule has 1 aromatic carbocycles. The van der Waals surface area contributed by atoms with Gasteiger partial charge >= 0.3 is 0 Å². The topological polar surface area (TPSA) is 37.8 Å². The molecule has 0 aliphatic carbocycles. The number of aromatic nitrogens is 2. The summed E-state index contributed by atoms with van der Waals surface area (Å²) >= 11 is 12.0. The zero-order valence-electron chi connectivity index (χ0n) is 8.84. The zero-order chi connectivity index (χ0) is 11.9. The molecule has 0 amide bonds. The summed E-state index contributed by atoms with van der Waals surface area (Å²) in [6.45, 7) is 3.61. The van der Waals surface area contributed by atoms with E-state index in [2.05, 4.69) is 5.10 Å². The molecule has 5 heteroatoms. The van der Waals surface area contributed by atoms with Crippen molar-refractivity contribution >= 4 is 23.2 Å². The first kappa shape index (κ1) is 11.3. The molecule has 0 saturated heterocycles. The van der Waals surface area contributed by atoms with Gasteiger partial charge in [0.15, 0.2) is 0 Å². The summed E-state index contributed by atoms with van der Waals surface area (Å²) in [6.07, 6.45) is 0. The highest BCUT2D eigenvalue weighted by Crippen LogP contribution is 2.27. The van der Waals surface area contributed by atoms with E-state index in [-0.39, 0.29) is 5.56 Å². The molecule has 0 unspecified atom stereocenters. The zero-order valence-corrected chi connectivity index (χ0v) is 10.4. The minimum Gasteiger partial charge on any atom is -0.295 e. The normalized spacial score (nSPS) is 10.8. The average Bonchev–Trinajstić information content (AvgIpc) is 2.50. The van der Waals surface area contributed by atoms with Crippen molar-refractivity contribution in [2.24, 2.45) is 0 Å². The molecule has 0 atom stereocenters. The predicted molar refractivity (Wildman–Crippen MR) is 65.9 cm³/mol. The summed E-state index contributed by atoms with van der Waals surface area (Å²) in [4.78, 5) is 11.9. The lowest BCUT2D eigenvalue weighted by atomic mass is 10.3. The number of benzene rings is 1. The van der Waals surface area contributed by atoms with E-state index >= 15 is 0 Å². The molecule has 0 spiro atoms. The molecule has 0 aliphatic rings. The Labute approximate surface area is 103 Å². The molecule has 1 heterocycles. The highest BCUT2D eigenvalue weighted by Gasteiger charge is 2.12. The van der Waals surface area contributed by atoms with Crippen molar-refractivity contribution in [1.29, 1.82) is 0 Å². The maximum absolute atomic E-state index is 11.9. The van der Waals surface area contributed by atoms with Gasteiger partial charge in [-0.2, -0.15) is 0 Å². The van der Waals surface area contributed by atoms with E-state index in [0.717, 1.165) is 5.69 Å². The summed E-state index contributed by atoms with van der Waals surface area (Å²) in [5.74, 6) is 0. The second-order valence-corrected chi connectivity index (χ2v) is 4.36. The Morgan fingerprint density at radius 2 is 1.94 bits per heavy atom. The van der Waals surface area contributed by atoms with E-state index in [1.54, 1.807) is 25.1 Å². The smallest absolute Gasteiger partial charge is 0.274 e. The van der Waals surface area contributed by atoms with Crippen LogP contribution in [0.3, 0.4) is 0 Å². The summed E-state index contributed by atoms with van der Waals surface area (Å²) in [6, 6.07) is 5.17. The van der Waals surface area contributed by atoms with Crippen LogP contribution in [0.2, 0.25) is 10.0 Å². The van der Waals surface area contributed by atoms with Gasteiger partial charge in [-0.05, 0) is 26.0 Å². The number of nitrogens with zero attached hydrogens (tertiary/aromatic N) is 1. The Hall–Kier alpha value is -1.19. The Morgan fingerprint density at radius 3 is 2.50 bits per heavy atom. The fraction of sp³-hybridized carbons (Fsp3) is 0.182. The van der Waals surface area contributed by atoms with Crippen LogP contribution in [0.5, 0.6) is 0 Å². The summed E-state index contributed by atoms with van der Waals surface area (Å²) in [5.41, 5.74) is 1.95. The van der Waals surface area contributed by atoms with Gasteiger partial charge in [-0.25, -0.2) is 4.68 Å². The molecule has 0 radical (unpaired) electrons. The molecule has 16 heavy (non-hydrogen) atoms. The Bertz CT molecular complexity index is 599. The SMILES string of the molecule is Cc1[nH]n(-c2cccc(Cl)c2Cl)c(=O)c1C. The van der Waals surface area contributed by atoms with Gasteiger partial charge in [0.05, 0.1) is 15.7 Å². The van der Waals surface area contributed by atoms with Crippen LogP contribution in [0.25, 0.3) is 5.69 Å². The monoisotopic (exact) mass is 256 g/mol. The van der Waals surface area contributed by atoms with Crippen molar-refractivity contribution in [3.05, 3.63) is 49.9 Å². The van der Waals surface area contributed by atoms with Crippen LogP contribution >= 0.6 is 23.2 Å². The molecule has 1 N–H and O–H groups in total. The molecule has 2 aromatic rings. The maximum Gasteiger partial charge on any atom is 0.274 e. The van der Waals surface area contributed by atoms with Gasteiger partial charge in [0.25, 0.3) is 5.56 Å². The number of aryl methyl sites for hydroxylation is 1. The average molecular weight is 257 g/mol. The Morgan fingerprint density at radius 1 is 1.25 bits per heavy atom. The number of aromatic amines is 1. The molecular formula is C11H10Cl2N2O. The summed E-state index contributed by atoms with van der Waals surface area (Å²) < 4.78 is 1.40. The minimum atomic E-state index is -0.110. The van der Waals surface area contributed by atoms with Crippen molar-refractivity contribution in [3.63, 3.8) is 0 Å². The molecule has 84 valence electrons. The van der Waals surface area contributed by atoms with Gasteiger partial charge in [0.2, 0.25) is 0 Å². The standard InChI is InChI=1S/C11H10Cl2N2O/c1-6-7(2)14-15(11(6)16)9-5-3-4-8(12)10(9)13/h3-5,14H,1-2H3. The highest BCUT2D eigenvalue weighted by atomic mass is 35.5. The quantitative estimate of drug-likeness (QED) is 0.837. The summed E-state index contributed by atoms with van der Waals surface area (Å²) in [5, 5.41) is 3.75. The van der Waals surface area contributed by atoms with E-state index in [9.17, 15) is 4.79 Å². The van der Waals surface area contributed by atoms with Crippen molar-refractivity contribution in [2.75, 3.05) is 0 Å². The number of hydrogen-bond donors (Lipinski definition) is 1. The Balaban J connectivity index is 2.73. The van der Waals surface area contributed by atoms with Crippen molar-refractivity contribution in [3.8, 4) is 5.69 Å². The van der Waals surface area contributed by atoms with Crippen molar-refractivity contribution in [1.82, 2.24) is 9.78 Å². The van der Waals surface area contributed by atoms with E-state index in [4.69, 9.17) is 23.2 Å². The molecule has 2 rings (SSSR count). The van der Waals surface area contributed by atoms with Crippen LogP contribution < -0.4 is 5.56 Å². The van der Waals surface area contributed by atoms with Gasteiger partial charge in [0.1, 0.15) is 0 Å². The Kier molecular flexibility index (Phi) is 2.82. The lowest BCUT2D eigenvalue weighted by Crippen LogP contribution is -2.16. The van der Waals surface area contributed by atoms with Gasteiger partial charge < -0.3 is 0 Å². The van der Waals surface area contributed by atoms with Gasteiger partial charge in [0, 0.05) is 11.3 Å². The third kappa shape index (κ3) is 1.66. The lowest BCUT2D eigenvalue weighted by Gasteiger charge is -2.05. The second kappa shape index (κ2) is 4.00. The van der Waals surface area contributed by atoms with E-state index in [0.29, 0.717) is 21.3 Å². The molecule has 3 nitrogen and oxygen atoms in total. The van der Waals surface area contributed by atoms with E-state index < -0.39 is 0 Å². The molecule has 0 fully saturated rings. The van der Waals surface area contributed by atoms with Crippen LogP contribution in [-0.2, 0) is 0 Å². The van der Waals surface area contributed by atoms with Crippen LogP contribution in [0.15, 0.2) is 23.0 Å². The first-order valence-corrected chi connectivity index (χ1v) is 5.50. The van der Waals surface area contributed by atoms with Crippen LogP contribution in [0.4, 0.5) is 0 Å². The number of nitrogens with one attached hydrogen (secondary N) is 1. The number of H-pyrrole nitrogens is 1. The fourth-order valence-corrected chi connectivity index (χ4v) is 1.85. The predicted octanol–water partition coefficient (Wildman–Crippen LogP) is 3.09. The number of hydrogen-bond acceptors (Lipinski definition) is 1. The fourth-order valence-electron chi connectivity index (χ4n) is 1.47.